The molecule has 5 rings (SSSR count). The summed E-state index contributed by atoms with van der Waals surface area (Å²) in [6.07, 6.45) is 8.43. The van der Waals surface area contributed by atoms with Crippen molar-refractivity contribution in [3.05, 3.63) is 59.2 Å². The Kier molecular flexibility index (Phi) is 3.30. The smallest absolute Gasteiger partial charge is 0.231 e. The van der Waals surface area contributed by atoms with E-state index < -0.39 is 0 Å². The van der Waals surface area contributed by atoms with Crippen LogP contribution in [0.3, 0.4) is 0 Å². The highest BCUT2D eigenvalue weighted by atomic mass is 16.7. The molecule has 1 unspecified atom stereocenters. The molecule has 3 aliphatic rings. The van der Waals surface area contributed by atoms with Crippen LogP contribution in [-0.2, 0) is 5.41 Å². The number of anilines is 1. The lowest BCUT2D eigenvalue weighted by atomic mass is 9.78. The lowest BCUT2D eigenvalue weighted by Crippen LogP contribution is -2.32. The van der Waals surface area contributed by atoms with Crippen LogP contribution in [0.25, 0.3) is 6.08 Å². The van der Waals surface area contributed by atoms with Crippen LogP contribution in [0, 0.1) is 0 Å². The monoisotopic (exact) mass is 333 g/mol. The first kappa shape index (κ1) is 14.9. The molecule has 1 atom stereocenters. The number of unbranched alkanes of at least 4 members (excludes halogenated alkanes) is 2. The van der Waals surface area contributed by atoms with E-state index in [1.807, 2.05) is 0 Å². The lowest BCUT2D eigenvalue weighted by molar-refractivity contribution is 0.174. The molecule has 0 N–H and O–H groups in total. The second-order valence-corrected chi connectivity index (χ2v) is 7.24. The number of rotatable bonds is 4. The number of para-hydroxylation sites is 1. The molecule has 25 heavy (non-hydrogen) atoms. The van der Waals surface area contributed by atoms with Crippen LogP contribution in [0.4, 0.5) is 5.69 Å². The maximum Gasteiger partial charge on any atom is 0.231 e. The molecule has 2 aromatic rings. The highest BCUT2D eigenvalue weighted by Gasteiger charge is 2.45. The van der Waals surface area contributed by atoms with Gasteiger partial charge in [-0.3, -0.25) is 0 Å². The number of nitrogens with zero attached hydrogens (tertiary/aromatic N) is 1. The number of hydrogen-bond acceptors (Lipinski definition) is 3. The van der Waals surface area contributed by atoms with E-state index in [9.17, 15) is 0 Å². The van der Waals surface area contributed by atoms with Gasteiger partial charge in [0.15, 0.2) is 11.5 Å². The van der Waals surface area contributed by atoms with Crippen LogP contribution in [0.2, 0.25) is 0 Å². The Morgan fingerprint density at radius 2 is 1.88 bits per heavy atom. The van der Waals surface area contributed by atoms with Crippen molar-refractivity contribution in [2.45, 2.75) is 31.6 Å². The van der Waals surface area contributed by atoms with Crippen molar-refractivity contribution >= 4 is 11.8 Å². The van der Waals surface area contributed by atoms with E-state index in [1.165, 1.54) is 41.6 Å². The van der Waals surface area contributed by atoms with E-state index in [4.69, 9.17) is 9.47 Å². The summed E-state index contributed by atoms with van der Waals surface area (Å²) in [6, 6.07) is 13.2. The summed E-state index contributed by atoms with van der Waals surface area (Å²) in [7, 11) is 0. The molecule has 2 aromatic carbocycles. The number of fused-ring (bicyclic) bond motifs is 5. The highest BCUT2D eigenvalue weighted by Crippen LogP contribution is 2.52. The fourth-order valence-electron chi connectivity index (χ4n) is 4.53. The van der Waals surface area contributed by atoms with Gasteiger partial charge in [0.1, 0.15) is 0 Å². The Labute approximate surface area is 148 Å². The Balaban J connectivity index is 1.59. The van der Waals surface area contributed by atoms with Gasteiger partial charge in [-0.1, -0.05) is 50.1 Å². The first-order valence-corrected chi connectivity index (χ1v) is 9.30. The molecule has 1 aliphatic carbocycles. The van der Waals surface area contributed by atoms with Crippen LogP contribution in [0.15, 0.2) is 42.5 Å². The third-order valence-electron chi connectivity index (χ3n) is 5.77. The average Bonchev–Trinajstić information content (AvgIpc) is 3.32. The maximum atomic E-state index is 5.66. The Morgan fingerprint density at radius 3 is 2.76 bits per heavy atom. The van der Waals surface area contributed by atoms with E-state index in [0.717, 1.165) is 24.6 Å². The third-order valence-corrected chi connectivity index (χ3v) is 5.77. The average molecular weight is 333 g/mol. The first-order valence-electron chi connectivity index (χ1n) is 9.30. The van der Waals surface area contributed by atoms with Crippen LogP contribution >= 0.6 is 0 Å². The van der Waals surface area contributed by atoms with Gasteiger partial charge in [-0.05, 0) is 41.3 Å². The van der Waals surface area contributed by atoms with E-state index in [-0.39, 0.29) is 5.41 Å². The molecule has 1 spiro atoms. The molecule has 0 radical (unpaired) electrons. The van der Waals surface area contributed by atoms with Crippen molar-refractivity contribution < 1.29 is 9.47 Å². The normalized spacial score (nSPS) is 21.9. The second-order valence-electron chi connectivity index (χ2n) is 7.24. The van der Waals surface area contributed by atoms with Gasteiger partial charge in [0.2, 0.25) is 6.79 Å². The molecule has 0 saturated carbocycles. The van der Waals surface area contributed by atoms with Gasteiger partial charge in [-0.2, -0.15) is 0 Å². The van der Waals surface area contributed by atoms with Gasteiger partial charge in [-0.15, -0.1) is 0 Å². The fourth-order valence-corrected chi connectivity index (χ4v) is 4.53. The van der Waals surface area contributed by atoms with Gasteiger partial charge in [0, 0.05) is 18.8 Å². The molecule has 0 aromatic heterocycles. The maximum absolute atomic E-state index is 5.66. The minimum Gasteiger partial charge on any atom is -0.454 e. The summed E-state index contributed by atoms with van der Waals surface area (Å²) in [6.45, 7) is 4.73. The quantitative estimate of drug-likeness (QED) is 0.755. The molecular formula is C22H23NO2. The van der Waals surface area contributed by atoms with Crippen molar-refractivity contribution in [1.29, 1.82) is 0 Å². The molecule has 3 heteroatoms. The molecule has 0 amide bonds. The Hall–Kier alpha value is -2.42. The molecule has 128 valence electrons. The molecule has 2 aliphatic heterocycles. The highest BCUT2D eigenvalue weighted by molar-refractivity contribution is 5.79. The van der Waals surface area contributed by atoms with Crippen LogP contribution in [-0.4, -0.2) is 19.9 Å². The molecule has 0 saturated heterocycles. The van der Waals surface area contributed by atoms with Gasteiger partial charge in [0.25, 0.3) is 0 Å². The first-order chi connectivity index (χ1) is 12.3. The molecule has 0 fully saturated rings. The molecular weight excluding hydrogens is 310 g/mol. The van der Waals surface area contributed by atoms with Gasteiger partial charge in [-0.25, -0.2) is 0 Å². The summed E-state index contributed by atoms with van der Waals surface area (Å²) < 4.78 is 11.2. The van der Waals surface area contributed by atoms with Crippen LogP contribution in [0.1, 0.15) is 42.9 Å². The zero-order valence-electron chi connectivity index (χ0n) is 14.6. The molecule has 0 bridgehead atoms. The van der Waals surface area contributed by atoms with Gasteiger partial charge < -0.3 is 14.4 Å². The van der Waals surface area contributed by atoms with Gasteiger partial charge >= 0.3 is 0 Å². The zero-order chi connectivity index (χ0) is 16.9. The summed E-state index contributed by atoms with van der Waals surface area (Å²) in [4.78, 5) is 2.56. The SMILES string of the molecule is CCCCCN1CC2(C=Cc3cc4c(cc32)OCO4)c2ccccc21. The number of hydrogen-bond donors (Lipinski definition) is 0. The Morgan fingerprint density at radius 1 is 1.04 bits per heavy atom. The van der Waals surface area contributed by atoms with E-state index >= 15 is 0 Å². The summed E-state index contributed by atoms with van der Waals surface area (Å²) in [5.41, 5.74) is 5.35. The summed E-state index contributed by atoms with van der Waals surface area (Å²) in [5.74, 6) is 1.75. The topological polar surface area (TPSA) is 21.7 Å². The second kappa shape index (κ2) is 5.55. The van der Waals surface area contributed by atoms with Crippen molar-refractivity contribution in [3.8, 4) is 11.5 Å². The number of benzene rings is 2. The van der Waals surface area contributed by atoms with Crippen molar-refractivity contribution in [2.24, 2.45) is 0 Å². The largest absolute Gasteiger partial charge is 0.454 e. The predicted octanol–water partition coefficient (Wildman–Crippen LogP) is 4.74. The molecule has 2 heterocycles. The van der Waals surface area contributed by atoms with Crippen molar-refractivity contribution in [3.63, 3.8) is 0 Å². The minimum absolute atomic E-state index is 0.0564. The predicted molar refractivity (Wildman–Crippen MR) is 101 cm³/mol. The van der Waals surface area contributed by atoms with Crippen LogP contribution in [0.5, 0.6) is 11.5 Å². The standard InChI is InChI=1S/C22H23NO2/c1-2-3-6-11-23-14-22(17-7-4-5-8-19(17)23)10-9-16-12-20-21(13-18(16)22)25-15-24-20/h4-5,7-10,12-13H,2-3,6,11,14-15H2,1H3. The van der Waals surface area contributed by atoms with E-state index in [1.54, 1.807) is 0 Å². The third kappa shape index (κ3) is 2.11. The van der Waals surface area contributed by atoms with Gasteiger partial charge in [0.05, 0.1) is 5.41 Å². The Bertz CT molecular complexity index is 857. The zero-order valence-corrected chi connectivity index (χ0v) is 14.6. The van der Waals surface area contributed by atoms with Crippen LogP contribution < -0.4 is 14.4 Å². The van der Waals surface area contributed by atoms with E-state index in [2.05, 4.69) is 60.4 Å². The minimum atomic E-state index is -0.0564. The fraction of sp³-hybridized carbons (Fsp3) is 0.364. The summed E-state index contributed by atoms with van der Waals surface area (Å²) >= 11 is 0. The summed E-state index contributed by atoms with van der Waals surface area (Å²) in [5, 5.41) is 0. The lowest BCUT2D eigenvalue weighted by Gasteiger charge is -2.26. The van der Waals surface area contributed by atoms with E-state index in [0.29, 0.717) is 6.79 Å². The molecule has 3 nitrogen and oxygen atoms in total. The van der Waals surface area contributed by atoms with Crippen molar-refractivity contribution in [2.75, 3.05) is 24.8 Å². The van der Waals surface area contributed by atoms with Crippen molar-refractivity contribution in [1.82, 2.24) is 0 Å². The number of ether oxygens (including phenoxy) is 2.